The van der Waals surface area contributed by atoms with Crippen molar-refractivity contribution in [3.05, 3.63) is 28.3 Å². The number of aliphatic hydroxyl groups is 1. The van der Waals surface area contributed by atoms with Crippen LogP contribution >= 0.6 is 0 Å². The molecular weight excluding hydrogens is 260 g/mol. The van der Waals surface area contributed by atoms with E-state index in [0.29, 0.717) is 17.4 Å². The maximum absolute atomic E-state index is 10.9. The number of nitrogens with zero attached hydrogens (tertiary/aromatic N) is 1. The number of non-ortho nitro benzene ring substituents is 1. The Balaban J connectivity index is 1.98. The van der Waals surface area contributed by atoms with E-state index in [2.05, 4.69) is 5.32 Å². The number of ether oxygens (including phenoxy) is 1. The molecule has 1 aromatic rings. The van der Waals surface area contributed by atoms with Gasteiger partial charge in [-0.25, -0.2) is 0 Å². The molecule has 1 aliphatic rings. The van der Waals surface area contributed by atoms with E-state index in [-0.39, 0.29) is 11.8 Å². The Morgan fingerprint density at radius 3 is 2.65 bits per heavy atom. The minimum absolute atomic E-state index is 0.0194. The zero-order valence-corrected chi connectivity index (χ0v) is 11.5. The van der Waals surface area contributed by atoms with Gasteiger partial charge in [0.15, 0.2) is 0 Å². The summed E-state index contributed by atoms with van der Waals surface area (Å²) in [6.45, 7) is 0.761. The number of nitro benzene ring substituents is 1. The molecule has 2 N–H and O–H groups in total. The molecular formula is C14H20N2O4. The molecule has 6 nitrogen and oxygen atoms in total. The van der Waals surface area contributed by atoms with Gasteiger partial charge >= 0.3 is 0 Å². The van der Waals surface area contributed by atoms with Crippen molar-refractivity contribution in [3.8, 4) is 5.75 Å². The van der Waals surface area contributed by atoms with E-state index >= 15 is 0 Å². The highest BCUT2D eigenvalue weighted by Crippen LogP contribution is 2.28. The Morgan fingerprint density at radius 1 is 1.35 bits per heavy atom. The lowest BCUT2D eigenvalue weighted by atomic mass is 9.87. The second-order valence-electron chi connectivity index (χ2n) is 5.23. The number of nitrogens with one attached hydrogen (secondary N) is 1. The lowest BCUT2D eigenvalue weighted by Crippen LogP contribution is -2.23. The van der Waals surface area contributed by atoms with Gasteiger partial charge in [-0.1, -0.05) is 0 Å². The third-order valence-corrected chi connectivity index (χ3v) is 3.75. The van der Waals surface area contributed by atoms with Crippen molar-refractivity contribution in [3.63, 3.8) is 0 Å². The monoisotopic (exact) mass is 280 g/mol. The predicted molar refractivity (Wildman–Crippen MR) is 76.1 cm³/mol. The van der Waals surface area contributed by atoms with Gasteiger partial charge in [0.05, 0.1) is 24.2 Å². The molecule has 0 amide bonds. The van der Waals surface area contributed by atoms with Gasteiger partial charge < -0.3 is 15.2 Å². The number of hydrogen-bond donors (Lipinski definition) is 2. The highest BCUT2D eigenvalue weighted by Gasteiger charge is 2.19. The molecule has 0 atom stereocenters. The SMILES string of the molecule is COc1cc(NCC2CCC(O)CC2)cc([N+](=O)[O-])c1. The predicted octanol–water partition coefficient (Wildman–Crippen LogP) is 2.57. The summed E-state index contributed by atoms with van der Waals surface area (Å²) in [7, 11) is 1.49. The lowest BCUT2D eigenvalue weighted by molar-refractivity contribution is -0.384. The molecule has 0 radical (unpaired) electrons. The summed E-state index contributed by atoms with van der Waals surface area (Å²) < 4.78 is 5.07. The molecule has 20 heavy (non-hydrogen) atoms. The third-order valence-electron chi connectivity index (χ3n) is 3.75. The van der Waals surface area contributed by atoms with E-state index in [9.17, 15) is 15.2 Å². The summed E-state index contributed by atoms with van der Waals surface area (Å²) in [6, 6.07) is 4.67. The zero-order valence-electron chi connectivity index (χ0n) is 11.5. The van der Waals surface area contributed by atoms with Crippen LogP contribution in [0.5, 0.6) is 5.75 Å². The molecule has 1 saturated carbocycles. The second kappa shape index (κ2) is 6.56. The average Bonchev–Trinajstić information content (AvgIpc) is 2.46. The van der Waals surface area contributed by atoms with Gasteiger partial charge in [0.2, 0.25) is 0 Å². The molecule has 0 bridgehead atoms. The van der Waals surface area contributed by atoms with Crippen LogP contribution in [-0.2, 0) is 0 Å². The van der Waals surface area contributed by atoms with E-state index in [1.54, 1.807) is 6.07 Å². The highest BCUT2D eigenvalue weighted by atomic mass is 16.6. The van der Waals surface area contributed by atoms with Gasteiger partial charge in [-0.2, -0.15) is 0 Å². The Bertz CT molecular complexity index is 470. The van der Waals surface area contributed by atoms with Gasteiger partial charge in [0.25, 0.3) is 5.69 Å². The number of methoxy groups -OCH3 is 1. The van der Waals surface area contributed by atoms with Crippen molar-refractivity contribution in [1.29, 1.82) is 0 Å². The lowest BCUT2D eigenvalue weighted by Gasteiger charge is -2.25. The summed E-state index contributed by atoms with van der Waals surface area (Å²) in [5.41, 5.74) is 0.716. The minimum Gasteiger partial charge on any atom is -0.496 e. The van der Waals surface area contributed by atoms with Crippen molar-refractivity contribution >= 4 is 11.4 Å². The molecule has 0 aliphatic heterocycles. The van der Waals surface area contributed by atoms with Gasteiger partial charge in [-0.3, -0.25) is 10.1 Å². The molecule has 0 heterocycles. The summed E-state index contributed by atoms with van der Waals surface area (Å²) in [6.07, 6.45) is 3.49. The third kappa shape index (κ3) is 3.84. The van der Waals surface area contributed by atoms with E-state index in [4.69, 9.17) is 4.74 Å². The molecule has 1 aromatic carbocycles. The fraction of sp³-hybridized carbons (Fsp3) is 0.571. The molecule has 2 rings (SSSR count). The molecule has 0 aromatic heterocycles. The molecule has 1 aliphatic carbocycles. The topological polar surface area (TPSA) is 84.6 Å². The Kier molecular flexibility index (Phi) is 4.79. The van der Waals surface area contributed by atoms with Crippen molar-refractivity contribution in [2.75, 3.05) is 19.0 Å². The number of hydrogen-bond acceptors (Lipinski definition) is 5. The molecule has 0 unspecified atom stereocenters. The summed E-state index contributed by atoms with van der Waals surface area (Å²) in [5.74, 6) is 0.976. The van der Waals surface area contributed by atoms with E-state index in [0.717, 1.165) is 32.2 Å². The number of nitro groups is 1. The van der Waals surface area contributed by atoms with Crippen LogP contribution in [0.4, 0.5) is 11.4 Å². The number of anilines is 1. The number of aliphatic hydroxyl groups excluding tert-OH is 1. The molecule has 1 fully saturated rings. The normalized spacial score (nSPS) is 22.3. The van der Waals surface area contributed by atoms with Crippen LogP contribution < -0.4 is 10.1 Å². The minimum atomic E-state index is -0.426. The van der Waals surface area contributed by atoms with Crippen LogP contribution in [0.2, 0.25) is 0 Å². The summed E-state index contributed by atoms with van der Waals surface area (Å²) in [4.78, 5) is 10.4. The first kappa shape index (κ1) is 14.6. The van der Waals surface area contributed by atoms with Crippen LogP contribution in [0.25, 0.3) is 0 Å². The largest absolute Gasteiger partial charge is 0.496 e. The quantitative estimate of drug-likeness (QED) is 0.639. The van der Waals surface area contributed by atoms with Crippen LogP contribution in [0.15, 0.2) is 18.2 Å². The van der Waals surface area contributed by atoms with Gasteiger partial charge in [-0.15, -0.1) is 0 Å². The standard InChI is InChI=1S/C14H20N2O4/c1-20-14-7-11(6-12(8-14)16(18)19)15-9-10-2-4-13(17)5-3-10/h6-8,10,13,15,17H,2-5,9H2,1H3. The number of benzene rings is 1. The molecule has 110 valence electrons. The first-order valence-corrected chi connectivity index (χ1v) is 6.84. The Labute approximate surface area is 117 Å². The van der Waals surface area contributed by atoms with Crippen molar-refractivity contribution in [1.82, 2.24) is 0 Å². The first-order chi connectivity index (χ1) is 9.58. The van der Waals surface area contributed by atoms with E-state index in [1.807, 2.05) is 0 Å². The van der Waals surface area contributed by atoms with Gasteiger partial charge in [0, 0.05) is 24.4 Å². The van der Waals surface area contributed by atoms with Crippen LogP contribution in [0.3, 0.4) is 0 Å². The van der Waals surface area contributed by atoms with Gasteiger partial charge in [-0.05, 0) is 31.6 Å². The van der Waals surface area contributed by atoms with E-state index in [1.165, 1.54) is 19.2 Å². The van der Waals surface area contributed by atoms with E-state index < -0.39 is 4.92 Å². The average molecular weight is 280 g/mol. The van der Waals surface area contributed by atoms with Crippen LogP contribution in [0, 0.1) is 16.0 Å². The van der Waals surface area contributed by atoms with Gasteiger partial charge in [0.1, 0.15) is 5.75 Å². The maximum atomic E-state index is 10.9. The molecule has 0 saturated heterocycles. The Morgan fingerprint density at radius 2 is 2.05 bits per heavy atom. The highest BCUT2D eigenvalue weighted by molar-refractivity contribution is 5.56. The number of rotatable bonds is 5. The van der Waals surface area contributed by atoms with Crippen LogP contribution in [-0.4, -0.2) is 29.8 Å². The van der Waals surface area contributed by atoms with Crippen molar-refractivity contribution in [2.45, 2.75) is 31.8 Å². The summed E-state index contributed by atoms with van der Waals surface area (Å²) >= 11 is 0. The van der Waals surface area contributed by atoms with Crippen LogP contribution in [0.1, 0.15) is 25.7 Å². The first-order valence-electron chi connectivity index (χ1n) is 6.84. The summed E-state index contributed by atoms with van der Waals surface area (Å²) in [5, 5.41) is 23.6. The fourth-order valence-corrected chi connectivity index (χ4v) is 2.52. The zero-order chi connectivity index (χ0) is 14.5. The van der Waals surface area contributed by atoms with Crippen molar-refractivity contribution in [2.24, 2.45) is 5.92 Å². The van der Waals surface area contributed by atoms with Crippen molar-refractivity contribution < 1.29 is 14.8 Å². The second-order valence-corrected chi connectivity index (χ2v) is 5.23. The smallest absolute Gasteiger partial charge is 0.275 e. The fourth-order valence-electron chi connectivity index (χ4n) is 2.52. The maximum Gasteiger partial charge on any atom is 0.275 e. The molecule has 0 spiro atoms. The Hall–Kier alpha value is -1.82. The molecule has 6 heteroatoms.